The third kappa shape index (κ3) is 4.61. The van der Waals surface area contributed by atoms with Gasteiger partial charge in [-0.15, -0.1) is 0 Å². The standard InChI is InChI=1S/C20H25N3O3/c1-4-14-7-6-8-15(5-2)18(14)22-20(25)16-9-11-17(12-10-16)26-13(3)19(24)23-21/h6-13H,4-5,21H2,1-3H3,(H,22,25)(H,23,24)/t13-/m1/s1. The number of nitrogens with two attached hydrogens (primary N) is 1. The van der Waals surface area contributed by atoms with Crippen LogP contribution < -0.4 is 21.3 Å². The molecule has 26 heavy (non-hydrogen) atoms. The zero-order valence-electron chi connectivity index (χ0n) is 15.3. The zero-order valence-corrected chi connectivity index (χ0v) is 15.3. The van der Waals surface area contributed by atoms with Crippen molar-refractivity contribution >= 4 is 17.5 Å². The Morgan fingerprint density at radius 1 is 1.04 bits per heavy atom. The molecule has 6 heteroatoms. The lowest BCUT2D eigenvalue weighted by atomic mass is 10.0. The summed E-state index contributed by atoms with van der Waals surface area (Å²) in [6, 6.07) is 12.7. The molecule has 4 N–H and O–H groups in total. The first-order chi connectivity index (χ1) is 12.5. The number of hydrogen-bond donors (Lipinski definition) is 3. The molecule has 6 nitrogen and oxygen atoms in total. The molecular formula is C20H25N3O3. The molecular weight excluding hydrogens is 330 g/mol. The number of aryl methyl sites for hydroxylation is 2. The van der Waals surface area contributed by atoms with Crippen LogP contribution in [0.5, 0.6) is 5.75 Å². The fourth-order valence-electron chi connectivity index (χ4n) is 2.65. The summed E-state index contributed by atoms with van der Waals surface area (Å²) in [7, 11) is 0. The Morgan fingerprint density at radius 3 is 2.12 bits per heavy atom. The maximum atomic E-state index is 12.6. The van der Waals surface area contributed by atoms with E-state index in [4.69, 9.17) is 10.6 Å². The third-order valence-corrected chi connectivity index (χ3v) is 4.18. The lowest BCUT2D eigenvalue weighted by molar-refractivity contribution is -0.127. The summed E-state index contributed by atoms with van der Waals surface area (Å²) >= 11 is 0. The molecule has 138 valence electrons. The number of nitrogens with one attached hydrogen (secondary N) is 2. The van der Waals surface area contributed by atoms with Gasteiger partial charge in [-0.25, -0.2) is 5.84 Å². The smallest absolute Gasteiger partial charge is 0.274 e. The molecule has 2 amide bonds. The molecule has 0 unspecified atom stereocenters. The number of para-hydroxylation sites is 1. The second-order valence-electron chi connectivity index (χ2n) is 5.91. The quantitative estimate of drug-likeness (QED) is 0.404. The van der Waals surface area contributed by atoms with Crippen LogP contribution in [0.1, 0.15) is 42.3 Å². The lowest BCUT2D eigenvalue weighted by Gasteiger charge is -2.15. The Bertz CT molecular complexity index is 750. The highest BCUT2D eigenvalue weighted by molar-refractivity contribution is 6.05. The van der Waals surface area contributed by atoms with Crippen molar-refractivity contribution in [3.63, 3.8) is 0 Å². The fraction of sp³-hybridized carbons (Fsp3) is 0.300. The molecule has 0 heterocycles. The molecule has 0 aliphatic heterocycles. The van der Waals surface area contributed by atoms with Crippen LogP contribution in [-0.2, 0) is 17.6 Å². The molecule has 0 aliphatic carbocycles. The number of rotatable bonds is 7. The van der Waals surface area contributed by atoms with Crippen molar-refractivity contribution in [3.05, 3.63) is 59.2 Å². The van der Waals surface area contributed by atoms with Gasteiger partial charge in [0.2, 0.25) is 0 Å². The van der Waals surface area contributed by atoms with Crippen LogP contribution in [0.25, 0.3) is 0 Å². The molecule has 0 spiro atoms. The highest BCUT2D eigenvalue weighted by Crippen LogP contribution is 2.24. The van der Waals surface area contributed by atoms with Gasteiger partial charge in [-0.1, -0.05) is 32.0 Å². The molecule has 0 fully saturated rings. The third-order valence-electron chi connectivity index (χ3n) is 4.18. The van der Waals surface area contributed by atoms with Crippen molar-refractivity contribution in [2.24, 2.45) is 5.84 Å². The minimum Gasteiger partial charge on any atom is -0.481 e. The van der Waals surface area contributed by atoms with Crippen molar-refractivity contribution in [2.45, 2.75) is 39.7 Å². The molecule has 1 atom stereocenters. The Labute approximate surface area is 153 Å². The van der Waals surface area contributed by atoms with E-state index in [1.807, 2.05) is 23.6 Å². The van der Waals surface area contributed by atoms with Crippen molar-refractivity contribution in [3.8, 4) is 5.75 Å². The predicted octanol–water partition coefficient (Wildman–Crippen LogP) is 2.82. The predicted molar refractivity (Wildman–Crippen MR) is 102 cm³/mol. The number of anilines is 1. The number of carbonyl (C=O) groups excluding carboxylic acids is 2. The summed E-state index contributed by atoms with van der Waals surface area (Å²) in [5.41, 5.74) is 5.66. The highest BCUT2D eigenvalue weighted by atomic mass is 16.5. The first-order valence-electron chi connectivity index (χ1n) is 8.69. The van der Waals surface area contributed by atoms with E-state index in [9.17, 15) is 9.59 Å². The van der Waals surface area contributed by atoms with Crippen molar-refractivity contribution in [1.82, 2.24) is 5.43 Å². The Balaban J connectivity index is 2.13. The van der Waals surface area contributed by atoms with Crippen molar-refractivity contribution in [2.75, 3.05) is 5.32 Å². The molecule has 0 saturated heterocycles. The van der Waals surface area contributed by atoms with Crippen molar-refractivity contribution in [1.29, 1.82) is 0 Å². The normalized spacial score (nSPS) is 11.5. The molecule has 0 saturated carbocycles. The van der Waals surface area contributed by atoms with Gasteiger partial charge in [0.1, 0.15) is 5.75 Å². The molecule has 2 aromatic rings. The second kappa shape index (κ2) is 9.01. The number of carbonyl (C=O) groups is 2. The summed E-state index contributed by atoms with van der Waals surface area (Å²) in [5, 5.41) is 3.02. The first-order valence-corrected chi connectivity index (χ1v) is 8.69. The maximum Gasteiger partial charge on any atom is 0.274 e. The molecule has 0 radical (unpaired) electrons. The van der Waals surface area contributed by atoms with Gasteiger partial charge in [0.25, 0.3) is 11.8 Å². The van der Waals surface area contributed by atoms with Crippen LogP contribution in [0.3, 0.4) is 0 Å². The number of ether oxygens (including phenoxy) is 1. The number of hydrogen-bond acceptors (Lipinski definition) is 4. The van der Waals surface area contributed by atoms with Gasteiger partial charge in [0.05, 0.1) is 0 Å². The summed E-state index contributed by atoms with van der Waals surface area (Å²) in [6.45, 7) is 5.72. The van der Waals surface area contributed by atoms with E-state index in [2.05, 4.69) is 19.2 Å². The maximum absolute atomic E-state index is 12.6. The second-order valence-corrected chi connectivity index (χ2v) is 5.91. The van der Waals surface area contributed by atoms with E-state index in [1.54, 1.807) is 31.2 Å². The summed E-state index contributed by atoms with van der Waals surface area (Å²) in [6.07, 6.45) is 0.970. The highest BCUT2D eigenvalue weighted by Gasteiger charge is 2.14. The van der Waals surface area contributed by atoms with Gasteiger partial charge < -0.3 is 10.1 Å². The first kappa shape index (κ1) is 19.5. The average Bonchev–Trinajstić information content (AvgIpc) is 2.67. The van der Waals surface area contributed by atoms with E-state index in [-0.39, 0.29) is 5.91 Å². The van der Waals surface area contributed by atoms with Gasteiger partial charge in [-0.05, 0) is 55.2 Å². The van der Waals surface area contributed by atoms with Crippen LogP contribution >= 0.6 is 0 Å². The van der Waals surface area contributed by atoms with E-state index >= 15 is 0 Å². The lowest BCUT2D eigenvalue weighted by Crippen LogP contribution is -2.40. The molecule has 2 rings (SSSR count). The van der Waals surface area contributed by atoms with Crippen LogP contribution in [0.4, 0.5) is 5.69 Å². The summed E-state index contributed by atoms with van der Waals surface area (Å²) in [5.74, 6) is 4.96. The van der Waals surface area contributed by atoms with E-state index in [1.165, 1.54) is 0 Å². The van der Waals surface area contributed by atoms with Crippen LogP contribution in [-0.4, -0.2) is 17.9 Å². The van der Waals surface area contributed by atoms with Crippen molar-refractivity contribution < 1.29 is 14.3 Å². The largest absolute Gasteiger partial charge is 0.481 e. The van der Waals surface area contributed by atoms with Crippen LogP contribution in [0, 0.1) is 0 Å². The van der Waals surface area contributed by atoms with Gasteiger partial charge in [-0.3, -0.25) is 15.0 Å². The molecule has 2 aromatic carbocycles. The topological polar surface area (TPSA) is 93.4 Å². The van der Waals surface area contributed by atoms with E-state index < -0.39 is 12.0 Å². The summed E-state index contributed by atoms with van der Waals surface area (Å²) < 4.78 is 5.47. The van der Waals surface area contributed by atoms with Crippen LogP contribution in [0.15, 0.2) is 42.5 Å². The minimum absolute atomic E-state index is 0.181. The average molecular weight is 355 g/mol. The van der Waals surface area contributed by atoms with E-state index in [0.29, 0.717) is 11.3 Å². The Kier molecular flexibility index (Phi) is 6.74. The zero-order chi connectivity index (χ0) is 19.1. The number of benzene rings is 2. The molecule has 0 bridgehead atoms. The molecule has 0 aromatic heterocycles. The van der Waals surface area contributed by atoms with Gasteiger partial charge in [0, 0.05) is 11.3 Å². The van der Waals surface area contributed by atoms with E-state index in [0.717, 1.165) is 29.7 Å². The summed E-state index contributed by atoms with van der Waals surface area (Å²) in [4.78, 5) is 24.0. The molecule has 0 aliphatic rings. The fourth-order valence-corrected chi connectivity index (χ4v) is 2.65. The van der Waals surface area contributed by atoms with Gasteiger partial charge >= 0.3 is 0 Å². The Morgan fingerprint density at radius 2 is 1.62 bits per heavy atom. The van der Waals surface area contributed by atoms with Gasteiger partial charge in [0.15, 0.2) is 6.10 Å². The minimum atomic E-state index is -0.719. The van der Waals surface area contributed by atoms with Crippen LogP contribution in [0.2, 0.25) is 0 Å². The SMILES string of the molecule is CCc1cccc(CC)c1NC(=O)c1ccc(O[C@H](C)C(=O)NN)cc1. The number of hydrazine groups is 1. The van der Waals surface area contributed by atoms with Gasteiger partial charge in [-0.2, -0.15) is 0 Å². The monoisotopic (exact) mass is 355 g/mol. The Hall–Kier alpha value is -2.86. The number of amides is 2.